The highest BCUT2D eigenvalue weighted by Crippen LogP contribution is 2.22. The van der Waals surface area contributed by atoms with E-state index in [4.69, 9.17) is 0 Å². The number of fused-ring (bicyclic) bond motifs is 1. The van der Waals surface area contributed by atoms with E-state index < -0.39 is 0 Å². The third-order valence-corrected chi connectivity index (χ3v) is 2.90. The third kappa shape index (κ3) is 1.15. The van der Waals surface area contributed by atoms with E-state index in [2.05, 4.69) is 18.4 Å². The van der Waals surface area contributed by atoms with E-state index in [0.717, 1.165) is 10.8 Å². The van der Waals surface area contributed by atoms with Crippen molar-refractivity contribution in [1.82, 2.24) is 4.57 Å². The number of hydrogen-bond acceptors (Lipinski definition) is 1. The molecule has 0 amide bonds. The van der Waals surface area contributed by atoms with Gasteiger partial charge in [-0.2, -0.15) is 0 Å². The van der Waals surface area contributed by atoms with Gasteiger partial charge in [0, 0.05) is 29.2 Å². The van der Waals surface area contributed by atoms with Gasteiger partial charge >= 0.3 is 0 Å². The Balaban J connectivity index is 3.03. The summed E-state index contributed by atoms with van der Waals surface area (Å²) in [7, 11) is 2.04. The zero-order valence-corrected chi connectivity index (χ0v) is 8.66. The molecule has 2 nitrogen and oxygen atoms in total. The highest BCUT2D eigenvalue weighted by molar-refractivity contribution is 5.87. The summed E-state index contributed by atoms with van der Waals surface area (Å²) in [5.41, 5.74) is 2.46. The molecule has 2 heteroatoms. The van der Waals surface area contributed by atoms with Gasteiger partial charge in [-0.05, 0) is 38.1 Å². The molecule has 2 rings (SSSR count). The Bertz CT molecular complexity index is 506. The van der Waals surface area contributed by atoms with Crippen molar-refractivity contribution in [3.63, 3.8) is 0 Å². The predicted octanol–water partition coefficient (Wildman–Crippen LogP) is 2.16. The lowest BCUT2D eigenvalue weighted by Crippen LogP contribution is -1.93. The fourth-order valence-corrected chi connectivity index (χ4v) is 1.81. The Morgan fingerprint density at radius 3 is 1.79 bits per heavy atom. The molecule has 0 atom stereocenters. The lowest BCUT2D eigenvalue weighted by atomic mass is 10.2. The predicted molar refractivity (Wildman–Crippen MR) is 58.7 cm³/mol. The Labute approximate surface area is 82.8 Å². The molecule has 2 aromatic rings. The van der Waals surface area contributed by atoms with Gasteiger partial charge in [-0.15, -0.1) is 0 Å². The second kappa shape index (κ2) is 2.98. The summed E-state index contributed by atoms with van der Waals surface area (Å²) >= 11 is 0. The molecule has 0 unspecified atom stereocenters. The Kier molecular flexibility index (Phi) is 1.92. The smallest absolute Gasteiger partial charge is 0.178 e. The zero-order chi connectivity index (χ0) is 10.3. The minimum atomic E-state index is 0.0580. The van der Waals surface area contributed by atoms with Crippen molar-refractivity contribution < 1.29 is 0 Å². The first-order valence-electron chi connectivity index (χ1n) is 4.67. The van der Waals surface area contributed by atoms with Gasteiger partial charge in [0.05, 0.1) is 0 Å². The summed E-state index contributed by atoms with van der Waals surface area (Å²) in [4.78, 5) is 11.2. The van der Waals surface area contributed by atoms with E-state index in [9.17, 15) is 4.79 Å². The van der Waals surface area contributed by atoms with Gasteiger partial charge in [0.2, 0.25) is 0 Å². The van der Waals surface area contributed by atoms with Crippen LogP contribution in [-0.2, 0) is 7.05 Å². The van der Waals surface area contributed by atoms with Crippen molar-refractivity contribution in [3.8, 4) is 0 Å². The van der Waals surface area contributed by atoms with E-state index in [1.54, 1.807) is 12.1 Å². The first-order valence-corrected chi connectivity index (χ1v) is 4.67. The van der Waals surface area contributed by atoms with Gasteiger partial charge in [-0.3, -0.25) is 4.79 Å². The van der Waals surface area contributed by atoms with E-state index in [1.165, 1.54) is 11.4 Å². The van der Waals surface area contributed by atoms with Crippen LogP contribution in [0.15, 0.2) is 29.1 Å². The molecule has 0 aliphatic heterocycles. The van der Waals surface area contributed by atoms with Crippen molar-refractivity contribution in [2.75, 3.05) is 0 Å². The molecule has 0 N–H and O–H groups in total. The zero-order valence-electron chi connectivity index (χ0n) is 8.66. The van der Waals surface area contributed by atoms with Gasteiger partial charge < -0.3 is 4.57 Å². The maximum absolute atomic E-state index is 11.2. The Hall–Kier alpha value is -1.57. The van der Waals surface area contributed by atoms with Gasteiger partial charge in [0.25, 0.3) is 0 Å². The fraction of sp³-hybridized carbons (Fsp3) is 0.250. The van der Waals surface area contributed by atoms with Crippen LogP contribution in [0.3, 0.4) is 0 Å². The quantitative estimate of drug-likeness (QED) is 0.619. The van der Waals surface area contributed by atoms with Crippen LogP contribution >= 0.6 is 0 Å². The van der Waals surface area contributed by atoms with Crippen LogP contribution in [0.25, 0.3) is 10.8 Å². The summed E-state index contributed by atoms with van der Waals surface area (Å²) in [6.45, 7) is 4.14. The summed E-state index contributed by atoms with van der Waals surface area (Å²) in [6, 6.07) is 7.05. The minimum Gasteiger partial charge on any atom is -0.351 e. The normalized spacial score (nSPS) is 10.8. The molecule has 1 heterocycles. The molecule has 0 aliphatic carbocycles. The van der Waals surface area contributed by atoms with Crippen molar-refractivity contribution in [3.05, 3.63) is 45.9 Å². The maximum Gasteiger partial charge on any atom is 0.178 e. The highest BCUT2D eigenvalue weighted by Gasteiger charge is 2.05. The third-order valence-electron chi connectivity index (χ3n) is 2.90. The van der Waals surface area contributed by atoms with Gasteiger partial charge in [-0.25, -0.2) is 0 Å². The molecule has 14 heavy (non-hydrogen) atoms. The summed E-state index contributed by atoms with van der Waals surface area (Å²) in [6.07, 6.45) is 0. The van der Waals surface area contributed by atoms with Gasteiger partial charge in [-0.1, -0.05) is 0 Å². The van der Waals surface area contributed by atoms with Crippen LogP contribution in [0.2, 0.25) is 0 Å². The van der Waals surface area contributed by atoms with Crippen LogP contribution in [-0.4, -0.2) is 4.57 Å². The number of rotatable bonds is 0. The average Bonchev–Trinajstić information content (AvgIpc) is 2.34. The van der Waals surface area contributed by atoms with Crippen molar-refractivity contribution in [2.24, 2.45) is 7.05 Å². The summed E-state index contributed by atoms with van der Waals surface area (Å²) < 4.78 is 2.15. The lowest BCUT2D eigenvalue weighted by molar-refractivity contribution is 0.851. The minimum absolute atomic E-state index is 0.0580. The van der Waals surface area contributed by atoms with E-state index in [1.807, 2.05) is 19.2 Å². The van der Waals surface area contributed by atoms with Crippen LogP contribution in [0, 0.1) is 13.8 Å². The van der Waals surface area contributed by atoms with Crippen LogP contribution in [0.4, 0.5) is 0 Å². The standard InChI is InChI=1S/C12H13NO/c1-8-11-6-4-10(14)5-7-12(11)9(2)13(8)3/h4-7H,1-3H3. The molecular weight excluding hydrogens is 174 g/mol. The second-order valence-corrected chi connectivity index (χ2v) is 3.63. The molecule has 0 spiro atoms. The van der Waals surface area contributed by atoms with Gasteiger partial charge in [0.15, 0.2) is 5.43 Å². The van der Waals surface area contributed by atoms with Crippen molar-refractivity contribution in [2.45, 2.75) is 13.8 Å². The largest absolute Gasteiger partial charge is 0.351 e. The van der Waals surface area contributed by atoms with Crippen LogP contribution < -0.4 is 5.43 Å². The molecule has 1 aromatic heterocycles. The highest BCUT2D eigenvalue weighted by atomic mass is 16.1. The fourth-order valence-electron chi connectivity index (χ4n) is 1.81. The van der Waals surface area contributed by atoms with Crippen LogP contribution in [0.5, 0.6) is 0 Å². The maximum atomic E-state index is 11.2. The topological polar surface area (TPSA) is 22.0 Å². The molecule has 0 saturated carbocycles. The van der Waals surface area contributed by atoms with Crippen LogP contribution in [0.1, 0.15) is 11.4 Å². The average molecular weight is 187 g/mol. The first-order chi connectivity index (χ1) is 6.61. The number of aromatic nitrogens is 1. The van der Waals surface area contributed by atoms with E-state index >= 15 is 0 Å². The van der Waals surface area contributed by atoms with Crippen molar-refractivity contribution >= 4 is 10.8 Å². The summed E-state index contributed by atoms with van der Waals surface area (Å²) in [5, 5.41) is 2.32. The number of nitrogens with zero attached hydrogens (tertiary/aromatic N) is 1. The molecule has 0 bridgehead atoms. The van der Waals surface area contributed by atoms with Gasteiger partial charge in [0.1, 0.15) is 0 Å². The molecule has 0 aliphatic rings. The SMILES string of the molecule is Cc1c2ccc(=O)ccc2c(C)n1C. The number of aryl methyl sites for hydroxylation is 2. The Morgan fingerprint density at radius 2 is 1.36 bits per heavy atom. The lowest BCUT2D eigenvalue weighted by Gasteiger charge is -1.97. The second-order valence-electron chi connectivity index (χ2n) is 3.63. The Morgan fingerprint density at radius 1 is 0.929 bits per heavy atom. The molecule has 0 fully saturated rings. The van der Waals surface area contributed by atoms with E-state index in [0.29, 0.717) is 0 Å². The van der Waals surface area contributed by atoms with Crippen molar-refractivity contribution in [1.29, 1.82) is 0 Å². The molecule has 0 saturated heterocycles. The molecule has 0 radical (unpaired) electrons. The molecule has 1 aromatic carbocycles. The summed E-state index contributed by atoms with van der Waals surface area (Å²) in [5.74, 6) is 0. The number of hydrogen-bond donors (Lipinski definition) is 0. The monoisotopic (exact) mass is 187 g/mol. The first kappa shape index (κ1) is 9.00. The molecular formula is C12H13NO. The van der Waals surface area contributed by atoms with E-state index in [-0.39, 0.29) is 5.43 Å². The molecule has 72 valence electrons.